The van der Waals surface area contributed by atoms with Crippen LogP contribution in [0.5, 0.6) is 0 Å². The van der Waals surface area contributed by atoms with Gasteiger partial charge in [-0.05, 0) is 6.42 Å². The zero-order valence-electron chi connectivity index (χ0n) is 11.8. The zero-order valence-corrected chi connectivity index (χ0v) is 11.8. The fraction of sp³-hybridized carbons (Fsp3) is 0.375. The van der Waals surface area contributed by atoms with Crippen molar-refractivity contribution in [3.05, 3.63) is 42.4 Å². The molecule has 1 atom stereocenters. The molecule has 21 heavy (non-hydrogen) atoms. The molecule has 0 amide bonds. The Labute approximate surface area is 123 Å². The summed E-state index contributed by atoms with van der Waals surface area (Å²) in [5, 5.41) is 12.0. The minimum atomic E-state index is -0.756. The average molecular weight is 285 g/mol. The number of nitrogens with zero attached hydrogens (tertiary/aromatic N) is 2. The summed E-state index contributed by atoms with van der Waals surface area (Å²) >= 11 is 0. The number of fused-ring (bicyclic) bond motifs is 1. The van der Waals surface area contributed by atoms with E-state index >= 15 is 0 Å². The van der Waals surface area contributed by atoms with Gasteiger partial charge in [-0.1, -0.05) is 30.3 Å². The number of aliphatic carboxylic acids is 1. The summed E-state index contributed by atoms with van der Waals surface area (Å²) in [7, 11) is 0. The maximum atomic E-state index is 10.5. The molecule has 1 aliphatic heterocycles. The fourth-order valence-electron chi connectivity index (χ4n) is 2.74. The second-order valence-electron chi connectivity index (χ2n) is 5.39. The van der Waals surface area contributed by atoms with Crippen LogP contribution in [0.15, 0.2) is 36.5 Å². The molecule has 1 aromatic heterocycles. The van der Waals surface area contributed by atoms with Crippen molar-refractivity contribution in [2.75, 3.05) is 6.54 Å². The SMILES string of the molecule is O=C(O)CCNC1CCc2nc(-c3ccccc3)cn2C1. The molecule has 0 radical (unpaired) electrons. The van der Waals surface area contributed by atoms with E-state index in [9.17, 15) is 4.79 Å². The Morgan fingerprint density at radius 2 is 2.19 bits per heavy atom. The molecule has 5 nitrogen and oxygen atoms in total. The van der Waals surface area contributed by atoms with E-state index in [4.69, 9.17) is 10.1 Å². The van der Waals surface area contributed by atoms with Crippen LogP contribution in [-0.4, -0.2) is 33.2 Å². The van der Waals surface area contributed by atoms with Crippen molar-refractivity contribution in [1.82, 2.24) is 14.9 Å². The van der Waals surface area contributed by atoms with Gasteiger partial charge in [0.1, 0.15) is 5.82 Å². The lowest BCUT2D eigenvalue weighted by atomic mass is 10.1. The van der Waals surface area contributed by atoms with Gasteiger partial charge in [-0.2, -0.15) is 0 Å². The predicted molar refractivity (Wildman–Crippen MR) is 80.0 cm³/mol. The summed E-state index contributed by atoms with van der Waals surface area (Å²) < 4.78 is 2.18. The summed E-state index contributed by atoms with van der Waals surface area (Å²) in [6, 6.07) is 10.5. The van der Waals surface area contributed by atoms with Crippen LogP contribution in [0, 0.1) is 0 Å². The number of hydrogen-bond acceptors (Lipinski definition) is 3. The third-order valence-corrected chi connectivity index (χ3v) is 3.83. The van der Waals surface area contributed by atoms with Crippen molar-refractivity contribution in [3.8, 4) is 11.3 Å². The maximum absolute atomic E-state index is 10.5. The van der Waals surface area contributed by atoms with Crippen LogP contribution in [0.3, 0.4) is 0 Å². The van der Waals surface area contributed by atoms with Crippen molar-refractivity contribution in [1.29, 1.82) is 0 Å². The van der Waals surface area contributed by atoms with Crippen molar-refractivity contribution in [3.63, 3.8) is 0 Å². The summed E-state index contributed by atoms with van der Waals surface area (Å²) in [5.74, 6) is 0.359. The first kappa shape index (κ1) is 13.8. The monoisotopic (exact) mass is 285 g/mol. The molecule has 0 fully saturated rings. The van der Waals surface area contributed by atoms with Crippen LogP contribution in [0.1, 0.15) is 18.7 Å². The Balaban J connectivity index is 1.66. The molecule has 2 heterocycles. The predicted octanol–water partition coefficient (Wildman–Crippen LogP) is 1.93. The first-order valence-corrected chi connectivity index (χ1v) is 7.29. The number of imidazole rings is 1. The van der Waals surface area contributed by atoms with E-state index in [1.807, 2.05) is 18.2 Å². The van der Waals surface area contributed by atoms with Crippen molar-refractivity contribution >= 4 is 5.97 Å². The van der Waals surface area contributed by atoms with Crippen molar-refractivity contribution < 1.29 is 9.90 Å². The largest absolute Gasteiger partial charge is 0.481 e. The molecule has 1 aromatic carbocycles. The molecule has 2 N–H and O–H groups in total. The highest BCUT2D eigenvalue weighted by Crippen LogP contribution is 2.22. The quantitative estimate of drug-likeness (QED) is 0.881. The number of benzene rings is 1. The number of rotatable bonds is 5. The van der Waals surface area contributed by atoms with Gasteiger partial charge in [-0.15, -0.1) is 0 Å². The van der Waals surface area contributed by atoms with E-state index in [0.717, 1.165) is 36.5 Å². The first-order valence-electron chi connectivity index (χ1n) is 7.29. The molecule has 3 rings (SSSR count). The van der Waals surface area contributed by atoms with Crippen molar-refractivity contribution in [2.24, 2.45) is 0 Å². The fourth-order valence-corrected chi connectivity index (χ4v) is 2.74. The number of carboxylic acids is 1. The Hall–Kier alpha value is -2.14. The molecule has 0 aliphatic carbocycles. The molecule has 2 aromatic rings. The zero-order chi connectivity index (χ0) is 14.7. The minimum absolute atomic E-state index is 0.169. The molecule has 5 heteroatoms. The van der Waals surface area contributed by atoms with Gasteiger partial charge in [-0.3, -0.25) is 4.79 Å². The lowest BCUT2D eigenvalue weighted by Gasteiger charge is -2.24. The minimum Gasteiger partial charge on any atom is -0.481 e. The number of hydrogen-bond donors (Lipinski definition) is 2. The highest BCUT2D eigenvalue weighted by Gasteiger charge is 2.20. The Morgan fingerprint density at radius 3 is 2.95 bits per heavy atom. The van der Waals surface area contributed by atoms with Crippen molar-refractivity contribution in [2.45, 2.75) is 31.8 Å². The van der Waals surface area contributed by atoms with Gasteiger partial charge in [0.05, 0.1) is 12.1 Å². The molecule has 0 saturated carbocycles. The summed E-state index contributed by atoms with van der Waals surface area (Å²) in [6.45, 7) is 1.38. The van der Waals surface area contributed by atoms with Gasteiger partial charge in [-0.25, -0.2) is 4.98 Å². The number of carboxylic acid groups (broad SMARTS) is 1. The summed E-state index contributed by atoms with van der Waals surface area (Å²) in [5.41, 5.74) is 2.14. The van der Waals surface area contributed by atoms with Crippen LogP contribution >= 0.6 is 0 Å². The molecule has 0 spiro atoms. The lowest BCUT2D eigenvalue weighted by molar-refractivity contribution is -0.136. The molecular formula is C16H19N3O2. The molecule has 0 bridgehead atoms. The number of aryl methyl sites for hydroxylation is 1. The molecule has 1 unspecified atom stereocenters. The highest BCUT2D eigenvalue weighted by molar-refractivity contribution is 5.66. The standard InChI is InChI=1S/C16H19N3O2/c20-16(21)8-9-17-13-6-7-15-18-14(11-19(15)10-13)12-4-2-1-3-5-12/h1-5,11,13,17H,6-10H2,(H,20,21). The van der Waals surface area contributed by atoms with Crippen LogP contribution in [0.2, 0.25) is 0 Å². The molecule has 1 aliphatic rings. The Morgan fingerprint density at radius 1 is 1.38 bits per heavy atom. The summed E-state index contributed by atoms with van der Waals surface area (Å²) in [6.07, 6.45) is 4.20. The van der Waals surface area contributed by atoms with Crippen LogP contribution in [0.4, 0.5) is 0 Å². The average Bonchev–Trinajstić information content (AvgIpc) is 2.91. The second-order valence-corrected chi connectivity index (χ2v) is 5.39. The van der Waals surface area contributed by atoms with E-state index in [0.29, 0.717) is 12.6 Å². The van der Waals surface area contributed by atoms with Crippen LogP contribution in [-0.2, 0) is 17.8 Å². The lowest BCUT2D eigenvalue weighted by Crippen LogP contribution is -2.38. The van der Waals surface area contributed by atoms with Gasteiger partial charge < -0.3 is 15.0 Å². The normalized spacial score (nSPS) is 17.4. The molecule has 110 valence electrons. The smallest absolute Gasteiger partial charge is 0.304 e. The van der Waals surface area contributed by atoms with Gasteiger partial charge >= 0.3 is 5.97 Å². The van der Waals surface area contributed by atoms with Gasteiger partial charge in [0, 0.05) is 37.3 Å². The van der Waals surface area contributed by atoms with E-state index in [-0.39, 0.29) is 6.42 Å². The summed E-state index contributed by atoms with van der Waals surface area (Å²) in [4.78, 5) is 15.2. The third-order valence-electron chi connectivity index (χ3n) is 3.83. The van der Waals surface area contributed by atoms with E-state index < -0.39 is 5.97 Å². The van der Waals surface area contributed by atoms with Crippen LogP contribution < -0.4 is 5.32 Å². The molecule has 0 saturated heterocycles. The maximum Gasteiger partial charge on any atom is 0.304 e. The topological polar surface area (TPSA) is 67.2 Å². The highest BCUT2D eigenvalue weighted by atomic mass is 16.4. The number of nitrogens with one attached hydrogen (secondary N) is 1. The van der Waals surface area contributed by atoms with Gasteiger partial charge in [0.15, 0.2) is 0 Å². The van der Waals surface area contributed by atoms with E-state index in [1.54, 1.807) is 0 Å². The van der Waals surface area contributed by atoms with Crippen LogP contribution in [0.25, 0.3) is 11.3 Å². The Bertz CT molecular complexity index is 622. The van der Waals surface area contributed by atoms with E-state index in [2.05, 4.69) is 28.2 Å². The number of aromatic nitrogens is 2. The number of carbonyl (C=O) groups is 1. The second kappa shape index (κ2) is 6.10. The molecular weight excluding hydrogens is 266 g/mol. The van der Waals surface area contributed by atoms with Gasteiger partial charge in [0.2, 0.25) is 0 Å². The Kier molecular flexibility index (Phi) is 4.01. The third kappa shape index (κ3) is 3.31. The van der Waals surface area contributed by atoms with E-state index in [1.165, 1.54) is 0 Å². The first-order chi connectivity index (χ1) is 10.2. The van der Waals surface area contributed by atoms with Gasteiger partial charge in [0.25, 0.3) is 0 Å².